The Hall–Kier alpha value is -2.67. The molecule has 2 unspecified atom stereocenters. The zero-order valence-electron chi connectivity index (χ0n) is 16.1. The van der Waals surface area contributed by atoms with E-state index < -0.39 is 0 Å². The SMILES string of the molecule is COc1ccc(OC)c(C(C)NC(=O)COC(=O)C2Cc3ccccc3S2)c1. The van der Waals surface area contributed by atoms with Crippen LogP contribution in [0.3, 0.4) is 0 Å². The minimum absolute atomic E-state index is 0.305. The van der Waals surface area contributed by atoms with Gasteiger partial charge in [-0.05, 0) is 43.2 Å². The minimum Gasteiger partial charge on any atom is -0.497 e. The number of carbonyl (C=O) groups excluding carboxylic acids is 2. The Bertz CT molecular complexity index is 845. The highest BCUT2D eigenvalue weighted by atomic mass is 32.2. The highest BCUT2D eigenvalue weighted by molar-refractivity contribution is 8.01. The molecule has 0 spiro atoms. The number of fused-ring (bicyclic) bond motifs is 1. The van der Waals surface area contributed by atoms with Crippen molar-refractivity contribution in [2.24, 2.45) is 0 Å². The van der Waals surface area contributed by atoms with Crippen molar-refractivity contribution < 1.29 is 23.8 Å². The third kappa shape index (κ3) is 4.59. The molecule has 2 atom stereocenters. The molecule has 148 valence electrons. The molecular weight excluding hydrogens is 378 g/mol. The van der Waals surface area contributed by atoms with Crippen LogP contribution in [0.4, 0.5) is 0 Å². The third-order valence-electron chi connectivity index (χ3n) is 4.54. The van der Waals surface area contributed by atoms with Crippen molar-refractivity contribution in [2.75, 3.05) is 20.8 Å². The van der Waals surface area contributed by atoms with Crippen LogP contribution in [0.15, 0.2) is 47.4 Å². The second kappa shape index (κ2) is 9.01. The molecule has 6 nitrogen and oxygen atoms in total. The highest BCUT2D eigenvalue weighted by Gasteiger charge is 2.29. The summed E-state index contributed by atoms with van der Waals surface area (Å²) in [6.45, 7) is 1.52. The van der Waals surface area contributed by atoms with Gasteiger partial charge in [0.25, 0.3) is 5.91 Å². The minimum atomic E-state index is -0.372. The predicted molar refractivity (Wildman–Crippen MR) is 107 cm³/mol. The molecule has 2 aromatic carbocycles. The van der Waals surface area contributed by atoms with E-state index in [1.54, 1.807) is 26.4 Å². The van der Waals surface area contributed by atoms with Gasteiger partial charge in [-0.2, -0.15) is 0 Å². The van der Waals surface area contributed by atoms with Crippen molar-refractivity contribution in [3.8, 4) is 11.5 Å². The van der Waals surface area contributed by atoms with Gasteiger partial charge in [-0.25, -0.2) is 0 Å². The number of ether oxygens (including phenoxy) is 3. The maximum atomic E-state index is 12.3. The van der Waals surface area contributed by atoms with Crippen LogP contribution in [0.25, 0.3) is 0 Å². The third-order valence-corrected chi connectivity index (χ3v) is 5.83. The number of nitrogens with one attached hydrogen (secondary N) is 1. The van der Waals surface area contributed by atoms with Gasteiger partial charge in [-0.1, -0.05) is 18.2 Å². The molecule has 3 rings (SSSR count). The standard InChI is InChI=1S/C21H23NO5S/c1-13(16-11-15(25-2)8-9-17(16)26-3)22-20(23)12-27-21(24)19-10-14-6-4-5-7-18(14)28-19/h4-9,11,13,19H,10,12H2,1-3H3,(H,22,23). The second-order valence-electron chi connectivity index (χ2n) is 6.42. The molecule has 0 aliphatic carbocycles. The molecule has 0 radical (unpaired) electrons. The summed E-state index contributed by atoms with van der Waals surface area (Å²) >= 11 is 1.48. The number of methoxy groups -OCH3 is 2. The van der Waals surface area contributed by atoms with Gasteiger partial charge in [0.2, 0.25) is 0 Å². The fraction of sp³-hybridized carbons (Fsp3) is 0.333. The quantitative estimate of drug-likeness (QED) is 0.719. The number of benzene rings is 2. The maximum Gasteiger partial charge on any atom is 0.320 e. The lowest BCUT2D eigenvalue weighted by atomic mass is 10.1. The number of esters is 1. The van der Waals surface area contributed by atoms with Gasteiger partial charge in [0.05, 0.1) is 20.3 Å². The van der Waals surface area contributed by atoms with Crippen molar-refractivity contribution in [3.05, 3.63) is 53.6 Å². The van der Waals surface area contributed by atoms with Crippen LogP contribution in [0.5, 0.6) is 11.5 Å². The summed E-state index contributed by atoms with van der Waals surface area (Å²) < 4.78 is 15.8. The first-order chi connectivity index (χ1) is 13.5. The van der Waals surface area contributed by atoms with E-state index in [2.05, 4.69) is 5.32 Å². The monoisotopic (exact) mass is 401 g/mol. The van der Waals surface area contributed by atoms with E-state index in [9.17, 15) is 9.59 Å². The van der Waals surface area contributed by atoms with E-state index in [1.807, 2.05) is 37.3 Å². The van der Waals surface area contributed by atoms with Crippen molar-refractivity contribution in [3.63, 3.8) is 0 Å². The van der Waals surface area contributed by atoms with E-state index in [0.29, 0.717) is 17.9 Å². The molecular formula is C21H23NO5S. The molecule has 2 aromatic rings. The molecule has 1 heterocycles. The van der Waals surface area contributed by atoms with E-state index in [4.69, 9.17) is 14.2 Å². The molecule has 1 aliphatic rings. The summed E-state index contributed by atoms with van der Waals surface area (Å²) in [6, 6.07) is 12.9. The number of thioether (sulfide) groups is 1. The summed E-state index contributed by atoms with van der Waals surface area (Å²) in [4.78, 5) is 25.6. The molecule has 1 amide bonds. The summed E-state index contributed by atoms with van der Waals surface area (Å²) in [5.74, 6) is 0.570. The van der Waals surface area contributed by atoms with Crippen LogP contribution < -0.4 is 14.8 Å². The number of carbonyl (C=O) groups is 2. The van der Waals surface area contributed by atoms with Gasteiger partial charge >= 0.3 is 5.97 Å². The topological polar surface area (TPSA) is 73.9 Å². The Morgan fingerprint density at radius 2 is 1.96 bits per heavy atom. The smallest absolute Gasteiger partial charge is 0.320 e. The summed E-state index contributed by atoms with van der Waals surface area (Å²) in [5, 5.41) is 2.52. The van der Waals surface area contributed by atoms with Crippen LogP contribution in [-0.4, -0.2) is 38.0 Å². The number of hydrogen-bond donors (Lipinski definition) is 1. The van der Waals surface area contributed by atoms with E-state index in [1.165, 1.54) is 11.8 Å². The van der Waals surface area contributed by atoms with Crippen molar-refractivity contribution in [2.45, 2.75) is 29.5 Å². The summed E-state index contributed by atoms with van der Waals surface area (Å²) in [6.07, 6.45) is 0.624. The average Bonchev–Trinajstić information content (AvgIpc) is 3.15. The number of hydrogen-bond acceptors (Lipinski definition) is 6. The molecule has 7 heteroatoms. The van der Waals surface area contributed by atoms with Crippen LogP contribution in [0.2, 0.25) is 0 Å². The fourth-order valence-corrected chi connectivity index (χ4v) is 4.28. The normalized spacial score (nSPS) is 16.0. The first-order valence-electron chi connectivity index (χ1n) is 8.94. The Morgan fingerprint density at radius 1 is 1.18 bits per heavy atom. The predicted octanol–water partition coefficient (Wildman–Crippen LogP) is 3.14. The fourth-order valence-electron chi connectivity index (χ4n) is 3.08. The molecule has 0 aromatic heterocycles. The molecule has 0 saturated heterocycles. The number of amides is 1. The summed E-state index contributed by atoms with van der Waals surface area (Å²) in [7, 11) is 3.15. The van der Waals surface area contributed by atoms with Crippen LogP contribution in [0.1, 0.15) is 24.1 Å². The molecule has 0 fully saturated rings. The Morgan fingerprint density at radius 3 is 2.68 bits per heavy atom. The second-order valence-corrected chi connectivity index (χ2v) is 7.67. The molecule has 0 bridgehead atoms. The lowest BCUT2D eigenvalue weighted by Gasteiger charge is -2.18. The van der Waals surface area contributed by atoms with E-state index >= 15 is 0 Å². The van der Waals surface area contributed by atoms with Crippen molar-refractivity contribution in [1.82, 2.24) is 5.32 Å². The van der Waals surface area contributed by atoms with Crippen LogP contribution in [-0.2, 0) is 20.7 Å². The van der Waals surface area contributed by atoms with Gasteiger partial charge in [0.15, 0.2) is 6.61 Å². The zero-order chi connectivity index (χ0) is 20.1. The first-order valence-corrected chi connectivity index (χ1v) is 9.82. The van der Waals surface area contributed by atoms with Gasteiger partial charge < -0.3 is 19.5 Å². The van der Waals surface area contributed by atoms with Gasteiger partial charge in [0.1, 0.15) is 16.7 Å². The molecule has 1 aliphatic heterocycles. The average molecular weight is 401 g/mol. The molecule has 1 N–H and O–H groups in total. The van der Waals surface area contributed by atoms with E-state index in [-0.39, 0.29) is 29.8 Å². The Kier molecular flexibility index (Phi) is 6.46. The summed E-state index contributed by atoms with van der Waals surface area (Å²) in [5.41, 5.74) is 1.92. The molecule has 0 saturated carbocycles. The largest absolute Gasteiger partial charge is 0.497 e. The lowest BCUT2D eigenvalue weighted by molar-refractivity contribution is -0.148. The van der Waals surface area contributed by atoms with E-state index in [0.717, 1.165) is 16.0 Å². The molecule has 28 heavy (non-hydrogen) atoms. The van der Waals surface area contributed by atoms with Gasteiger partial charge in [0, 0.05) is 10.5 Å². The first kappa shape index (κ1) is 20.1. The number of rotatable bonds is 7. The zero-order valence-corrected chi connectivity index (χ0v) is 16.9. The maximum absolute atomic E-state index is 12.3. The lowest BCUT2D eigenvalue weighted by Crippen LogP contribution is -2.32. The van der Waals surface area contributed by atoms with Gasteiger partial charge in [-0.3, -0.25) is 9.59 Å². The van der Waals surface area contributed by atoms with Crippen LogP contribution >= 0.6 is 11.8 Å². The van der Waals surface area contributed by atoms with Crippen molar-refractivity contribution in [1.29, 1.82) is 0 Å². The Labute approximate surface area is 168 Å². The van der Waals surface area contributed by atoms with Crippen LogP contribution in [0, 0.1) is 0 Å². The highest BCUT2D eigenvalue weighted by Crippen LogP contribution is 2.37. The Balaban J connectivity index is 1.53. The van der Waals surface area contributed by atoms with Gasteiger partial charge in [-0.15, -0.1) is 11.8 Å². The van der Waals surface area contributed by atoms with Crippen molar-refractivity contribution >= 4 is 23.6 Å².